The Morgan fingerprint density at radius 2 is 2.00 bits per heavy atom. The predicted octanol–water partition coefficient (Wildman–Crippen LogP) is 4.11. The average molecular weight is 331 g/mol. The number of aryl methyl sites for hydroxylation is 2. The fourth-order valence-electron chi connectivity index (χ4n) is 2.17. The summed E-state index contributed by atoms with van der Waals surface area (Å²) in [5, 5.41) is 0. The van der Waals surface area contributed by atoms with Crippen molar-refractivity contribution < 1.29 is 0 Å². The Bertz CT molecular complexity index is 779. The predicted molar refractivity (Wildman–Crippen MR) is 85.6 cm³/mol. The molecule has 0 aliphatic heterocycles. The second-order valence-corrected chi connectivity index (χ2v) is 5.73. The summed E-state index contributed by atoms with van der Waals surface area (Å²) < 4.78 is 1.02. The maximum absolute atomic E-state index is 4.45. The molecule has 0 fully saturated rings. The first-order valence-electron chi connectivity index (χ1n) is 6.37. The number of imidazole rings is 1. The van der Waals surface area contributed by atoms with Crippen LogP contribution in [0.4, 0.5) is 11.5 Å². The van der Waals surface area contributed by atoms with E-state index in [0.29, 0.717) is 0 Å². The van der Waals surface area contributed by atoms with Gasteiger partial charge in [-0.2, -0.15) is 0 Å². The molecule has 0 aliphatic rings. The molecule has 0 unspecified atom stereocenters. The first-order valence-corrected chi connectivity index (χ1v) is 7.16. The molecule has 0 amide bonds. The van der Waals surface area contributed by atoms with Crippen LogP contribution in [0.3, 0.4) is 0 Å². The Kier molecular flexibility index (Phi) is 3.22. The van der Waals surface area contributed by atoms with Crippen LogP contribution in [-0.4, -0.2) is 22.0 Å². The van der Waals surface area contributed by atoms with Crippen LogP contribution in [0.15, 0.2) is 34.9 Å². The van der Waals surface area contributed by atoms with Crippen molar-refractivity contribution in [3.8, 4) is 0 Å². The van der Waals surface area contributed by atoms with Gasteiger partial charge >= 0.3 is 0 Å². The van der Waals surface area contributed by atoms with E-state index in [0.717, 1.165) is 32.8 Å². The average Bonchev–Trinajstić information content (AvgIpc) is 2.80. The summed E-state index contributed by atoms with van der Waals surface area (Å²) in [6, 6.07) is 8.24. The van der Waals surface area contributed by atoms with Crippen LogP contribution in [-0.2, 0) is 0 Å². The molecular weight excluding hydrogens is 316 g/mol. The van der Waals surface area contributed by atoms with Gasteiger partial charge in [-0.25, -0.2) is 9.97 Å². The number of hydrogen-bond acceptors (Lipinski definition) is 3. The quantitative estimate of drug-likeness (QED) is 0.769. The minimum Gasteiger partial charge on any atom is -0.342 e. The summed E-state index contributed by atoms with van der Waals surface area (Å²) in [5.41, 5.74) is 4.27. The van der Waals surface area contributed by atoms with E-state index >= 15 is 0 Å². The molecule has 2 aromatic heterocycles. The third-order valence-corrected chi connectivity index (χ3v) is 4.18. The molecule has 0 saturated heterocycles. The molecule has 102 valence electrons. The molecule has 2 heterocycles. The van der Waals surface area contributed by atoms with Gasteiger partial charge in [-0.15, -0.1) is 0 Å². The van der Waals surface area contributed by atoms with Crippen LogP contribution in [0, 0.1) is 13.8 Å². The highest BCUT2D eigenvalue weighted by Gasteiger charge is 2.09. The van der Waals surface area contributed by atoms with E-state index < -0.39 is 0 Å². The molecule has 1 N–H and O–H groups in total. The zero-order valence-corrected chi connectivity index (χ0v) is 13.2. The van der Waals surface area contributed by atoms with E-state index in [1.165, 1.54) is 5.56 Å². The van der Waals surface area contributed by atoms with Crippen molar-refractivity contribution in [2.45, 2.75) is 13.8 Å². The topological polar surface area (TPSA) is 44.8 Å². The molecule has 3 rings (SSSR count). The third-order valence-electron chi connectivity index (χ3n) is 3.35. The molecule has 0 bridgehead atoms. The van der Waals surface area contributed by atoms with Crippen molar-refractivity contribution in [2.75, 3.05) is 11.9 Å². The van der Waals surface area contributed by atoms with Gasteiger partial charge in [0, 0.05) is 23.4 Å². The summed E-state index contributed by atoms with van der Waals surface area (Å²) >= 11 is 3.48. The Labute approximate surface area is 126 Å². The summed E-state index contributed by atoms with van der Waals surface area (Å²) in [7, 11) is 2.01. The van der Waals surface area contributed by atoms with E-state index in [1.54, 1.807) is 0 Å². The summed E-state index contributed by atoms with van der Waals surface area (Å²) in [6.07, 6.45) is 1.83. The normalized spacial score (nSPS) is 11.0. The third kappa shape index (κ3) is 2.29. The first-order chi connectivity index (χ1) is 9.54. The van der Waals surface area contributed by atoms with E-state index in [2.05, 4.69) is 60.9 Å². The zero-order chi connectivity index (χ0) is 14.3. The van der Waals surface area contributed by atoms with Gasteiger partial charge in [0.2, 0.25) is 0 Å². The summed E-state index contributed by atoms with van der Waals surface area (Å²) in [6.45, 7) is 4.02. The fourth-order valence-corrected chi connectivity index (χ4v) is 2.39. The van der Waals surface area contributed by atoms with Crippen LogP contribution in [0.1, 0.15) is 11.4 Å². The number of aromatic nitrogens is 3. The summed E-state index contributed by atoms with van der Waals surface area (Å²) in [4.78, 5) is 14.2. The van der Waals surface area contributed by atoms with E-state index in [-0.39, 0.29) is 0 Å². The van der Waals surface area contributed by atoms with Gasteiger partial charge in [0.1, 0.15) is 11.6 Å². The highest BCUT2D eigenvalue weighted by molar-refractivity contribution is 9.10. The molecule has 20 heavy (non-hydrogen) atoms. The second kappa shape index (κ2) is 4.90. The number of halogens is 1. The maximum Gasteiger partial charge on any atom is 0.132 e. The van der Waals surface area contributed by atoms with Crippen LogP contribution in [0.25, 0.3) is 11.0 Å². The molecule has 0 radical (unpaired) electrons. The molecule has 0 spiro atoms. The van der Waals surface area contributed by atoms with Crippen molar-refractivity contribution >= 4 is 38.5 Å². The van der Waals surface area contributed by atoms with Crippen molar-refractivity contribution in [3.63, 3.8) is 0 Å². The molecule has 5 heteroatoms. The molecular formula is C15H15BrN4. The van der Waals surface area contributed by atoms with Crippen LogP contribution < -0.4 is 4.90 Å². The second-order valence-electron chi connectivity index (χ2n) is 4.87. The molecule has 0 saturated carbocycles. The first kappa shape index (κ1) is 13.1. The number of anilines is 2. The van der Waals surface area contributed by atoms with Gasteiger partial charge in [-0.05, 0) is 59.6 Å². The Morgan fingerprint density at radius 3 is 2.75 bits per heavy atom. The van der Waals surface area contributed by atoms with Crippen LogP contribution in [0.5, 0.6) is 0 Å². The van der Waals surface area contributed by atoms with E-state index in [1.807, 2.05) is 26.2 Å². The number of hydrogen-bond donors (Lipinski definition) is 1. The number of pyridine rings is 1. The van der Waals surface area contributed by atoms with Gasteiger partial charge in [-0.3, -0.25) is 0 Å². The number of rotatable bonds is 2. The Morgan fingerprint density at radius 1 is 1.20 bits per heavy atom. The number of nitrogens with zero attached hydrogens (tertiary/aromatic N) is 3. The van der Waals surface area contributed by atoms with Crippen LogP contribution >= 0.6 is 15.9 Å². The minimum atomic E-state index is 0.918. The van der Waals surface area contributed by atoms with Crippen molar-refractivity contribution in [1.29, 1.82) is 0 Å². The Balaban J connectivity index is 2.02. The van der Waals surface area contributed by atoms with Gasteiger partial charge in [0.25, 0.3) is 0 Å². The number of aromatic amines is 1. The number of H-pyrrole nitrogens is 1. The lowest BCUT2D eigenvalue weighted by atomic mass is 10.2. The van der Waals surface area contributed by atoms with Crippen molar-refractivity contribution in [1.82, 2.24) is 15.0 Å². The van der Waals surface area contributed by atoms with Gasteiger partial charge in [0.15, 0.2) is 0 Å². The van der Waals surface area contributed by atoms with Crippen molar-refractivity contribution in [3.05, 3.63) is 46.3 Å². The molecule has 1 aromatic carbocycles. The number of fused-ring (bicyclic) bond motifs is 1. The highest BCUT2D eigenvalue weighted by Crippen LogP contribution is 2.27. The molecule has 0 aliphatic carbocycles. The zero-order valence-electron chi connectivity index (χ0n) is 11.6. The van der Waals surface area contributed by atoms with E-state index in [9.17, 15) is 0 Å². The maximum atomic E-state index is 4.45. The van der Waals surface area contributed by atoms with E-state index in [4.69, 9.17) is 0 Å². The number of nitrogens with one attached hydrogen (secondary N) is 1. The molecule has 4 nitrogen and oxygen atoms in total. The number of benzene rings is 1. The Hall–Kier alpha value is -1.88. The highest BCUT2D eigenvalue weighted by atomic mass is 79.9. The lowest BCUT2D eigenvalue weighted by Gasteiger charge is -2.19. The monoisotopic (exact) mass is 330 g/mol. The largest absolute Gasteiger partial charge is 0.342 e. The minimum absolute atomic E-state index is 0.918. The standard InChI is InChI=1S/C15H15BrN4/c1-9-6-15(17-8-12(9)16)20(3)11-4-5-13-14(7-11)19-10(2)18-13/h4-8H,1-3H3,(H,18,19). The van der Waals surface area contributed by atoms with Gasteiger partial charge < -0.3 is 9.88 Å². The summed E-state index contributed by atoms with van der Waals surface area (Å²) in [5.74, 6) is 1.85. The fraction of sp³-hybridized carbons (Fsp3) is 0.200. The lowest BCUT2D eigenvalue weighted by Crippen LogP contribution is -2.11. The van der Waals surface area contributed by atoms with Crippen LogP contribution in [0.2, 0.25) is 0 Å². The van der Waals surface area contributed by atoms with Gasteiger partial charge in [0.05, 0.1) is 11.0 Å². The van der Waals surface area contributed by atoms with Crippen molar-refractivity contribution in [2.24, 2.45) is 0 Å². The molecule has 0 atom stereocenters. The SMILES string of the molecule is Cc1nc2ccc(N(C)c3cc(C)c(Br)cn3)cc2[nH]1. The smallest absolute Gasteiger partial charge is 0.132 e. The van der Waals surface area contributed by atoms with Gasteiger partial charge in [-0.1, -0.05) is 0 Å². The molecule has 3 aromatic rings. The lowest BCUT2D eigenvalue weighted by molar-refractivity contribution is 1.11.